The van der Waals surface area contributed by atoms with E-state index in [2.05, 4.69) is 14.7 Å². The fourth-order valence-corrected chi connectivity index (χ4v) is 1.44. The van der Waals surface area contributed by atoms with Gasteiger partial charge in [-0.15, -0.1) is 0 Å². The van der Waals surface area contributed by atoms with Gasteiger partial charge in [-0.1, -0.05) is 12.1 Å². The lowest BCUT2D eigenvalue weighted by Gasteiger charge is -2.03. The molecule has 0 radical (unpaired) electrons. The maximum absolute atomic E-state index is 11.4. The Bertz CT molecular complexity index is 528. The summed E-state index contributed by atoms with van der Waals surface area (Å²) in [6.45, 7) is 0. The fourth-order valence-electron chi connectivity index (χ4n) is 1.31. The Kier molecular flexibility index (Phi) is 2.51. The molecule has 0 aliphatic heterocycles. The van der Waals surface area contributed by atoms with Gasteiger partial charge in [-0.05, 0) is 17.7 Å². The number of esters is 1. The molecule has 0 saturated heterocycles. The number of methoxy groups -OCH3 is 1. The molecule has 0 amide bonds. The molecule has 15 heavy (non-hydrogen) atoms. The van der Waals surface area contributed by atoms with Gasteiger partial charge in [-0.2, -0.15) is 0 Å². The highest BCUT2D eigenvalue weighted by Crippen LogP contribution is 2.17. The van der Waals surface area contributed by atoms with Crippen LogP contribution in [0.2, 0.25) is 5.28 Å². The maximum Gasteiger partial charge on any atom is 0.340 e. The van der Waals surface area contributed by atoms with Crippen molar-refractivity contribution >= 4 is 28.5 Å². The van der Waals surface area contributed by atoms with Crippen LogP contribution >= 0.6 is 11.6 Å². The lowest BCUT2D eigenvalue weighted by Crippen LogP contribution is -2.03. The molecule has 0 aliphatic rings. The van der Waals surface area contributed by atoms with Crippen molar-refractivity contribution in [3.63, 3.8) is 0 Å². The van der Waals surface area contributed by atoms with Crippen LogP contribution in [-0.2, 0) is 4.74 Å². The summed E-state index contributed by atoms with van der Waals surface area (Å²) in [6, 6.07) is 5.18. The normalized spacial score (nSPS) is 10.3. The number of carbonyl (C=O) groups excluding carboxylic acids is 1. The van der Waals surface area contributed by atoms with Gasteiger partial charge in [0.05, 0.1) is 18.2 Å². The van der Waals surface area contributed by atoms with Gasteiger partial charge in [0.1, 0.15) is 0 Å². The van der Waals surface area contributed by atoms with Crippen molar-refractivity contribution in [3.8, 4) is 0 Å². The molecule has 0 saturated carbocycles. The van der Waals surface area contributed by atoms with Crippen molar-refractivity contribution in [2.75, 3.05) is 7.11 Å². The van der Waals surface area contributed by atoms with Crippen LogP contribution in [-0.4, -0.2) is 23.0 Å². The van der Waals surface area contributed by atoms with Crippen molar-refractivity contribution in [1.29, 1.82) is 0 Å². The number of aromatic nitrogens is 2. The smallest absolute Gasteiger partial charge is 0.340 e. The molecule has 0 N–H and O–H groups in total. The van der Waals surface area contributed by atoms with Crippen LogP contribution in [0.5, 0.6) is 0 Å². The van der Waals surface area contributed by atoms with Gasteiger partial charge >= 0.3 is 5.97 Å². The van der Waals surface area contributed by atoms with Crippen LogP contribution in [0.25, 0.3) is 10.9 Å². The second kappa shape index (κ2) is 3.82. The van der Waals surface area contributed by atoms with Crippen LogP contribution in [0, 0.1) is 0 Å². The van der Waals surface area contributed by atoms with Gasteiger partial charge in [0.2, 0.25) is 5.28 Å². The Labute approximate surface area is 90.9 Å². The van der Waals surface area contributed by atoms with E-state index in [1.807, 2.05) is 0 Å². The monoisotopic (exact) mass is 222 g/mol. The summed E-state index contributed by atoms with van der Waals surface area (Å²) in [5.41, 5.74) is 0.892. The van der Waals surface area contributed by atoms with Crippen LogP contribution in [0.3, 0.4) is 0 Å². The van der Waals surface area contributed by atoms with Crippen molar-refractivity contribution in [1.82, 2.24) is 9.97 Å². The number of carbonyl (C=O) groups is 1. The van der Waals surface area contributed by atoms with E-state index in [9.17, 15) is 4.79 Å². The van der Waals surface area contributed by atoms with E-state index in [1.54, 1.807) is 24.4 Å². The van der Waals surface area contributed by atoms with Crippen LogP contribution < -0.4 is 0 Å². The van der Waals surface area contributed by atoms with Crippen molar-refractivity contribution in [2.45, 2.75) is 0 Å². The average molecular weight is 223 g/mol. The number of rotatable bonds is 1. The van der Waals surface area contributed by atoms with E-state index in [0.717, 1.165) is 5.39 Å². The molecule has 2 aromatic rings. The van der Waals surface area contributed by atoms with Gasteiger partial charge in [0.15, 0.2) is 0 Å². The SMILES string of the molecule is COC(=O)c1cccc2cnc(Cl)nc12. The molecular weight excluding hydrogens is 216 g/mol. The van der Waals surface area contributed by atoms with Crippen molar-refractivity contribution in [2.24, 2.45) is 0 Å². The number of hydrogen-bond donors (Lipinski definition) is 0. The molecule has 0 atom stereocenters. The lowest BCUT2D eigenvalue weighted by molar-refractivity contribution is 0.0603. The van der Waals surface area contributed by atoms with Crippen LogP contribution in [0.1, 0.15) is 10.4 Å². The highest BCUT2D eigenvalue weighted by Gasteiger charge is 2.11. The molecular formula is C10H7ClN2O2. The zero-order valence-electron chi connectivity index (χ0n) is 7.90. The summed E-state index contributed by atoms with van der Waals surface area (Å²) in [5, 5.41) is 0.862. The third-order valence-electron chi connectivity index (χ3n) is 1.99. The Hall–Kier alpha value is -1.68. The second-order valence-electron chi connectivity index (χ2n) is 2.87. The molecule has 0 fully saturated rings. The highest BCUT2D eigenvalue weighted by molar-refractivity contribution is 6.28. The van der Waals surface area contributed by atoms with E-state index in [0.29, 0.717) is 11.1 Å². The molecule has 4 nitrogen and oxygen atoms in total. The summed E-state index contributed by atoms with van der Waals surface area (Å²) in [5.74, 6) is -0.435. The van der Waals surface area contributed by atoms with E-state index in [-0.39, 0.29) is 5.28 Å². The third-order valence-corrected chi connectivity index (χ3v) is 2.17. The minimum absolute atomic E-state index is 0.110. The summed E-state index contributed by atoms with van der Waals surface area (Å²) in [4.78, 5) is 19.2. The first-order valence-corrected chi connectivity index (χ1v) is 4.60. The standard InChI is InChI=1S/C10H7ClN2O2/c1-15-9(14)7-4-2-3-6-5-12-10(11)13-8(6)7/h2-5H,1H3. The number of para-hydroxylation sites is 1. The predicted octanol–water partition coefficient (Wildman–Crippen LogP) is 2.07. The molecule has 1 aromatic carbocycles. The van der Waals surface area contributed by atoms with E-state index >= 15 is 0 Å². The van der Waals surface area contributed by atoms with Crippen LogP contribution in [0.4, 0.5) is 0 Å². The zero-order chi connectivity index (χ0) is 10.8. The Morgan fingerprint density at radius 1 is 1.47 bits per heavy atom. The van der Waals surface area contributed by atoms with Gasteiger partial charge in [0, 0.05) is 11.6 Å². The number of benzene rings is 1. The second-order valence-corrected chi connectivity index (χ2v) is 3.21. The van der Waals surface area contributed by atoms with Gasteiger partial charge in [0.25, 0.3) is 0 Å². The molecule has 0 spiro atoms. The molecule has 0 aliphatic carbocycles. The maximum atomic E-state index is 11.4. The van der Waals surface area contributed by atoms with E-state index in [1.165, 1.54) is 7.11 Å². The highest BCUT2D eigenvalue weighted by atomic mass is 35.5. The first-order chi connectivity index (χ1) is 7.22. The molecule has 0 unspecified atom stereocenters. The molecule has 1 aromatic heterocycles. The zero-order valence-corrected chi connectivity index (χ0v) is 8.65. The van der Waals surface area contributed by atoms with Gasteiger partial charge < -0.3 is 4.74 Å². The van der Waals surface area contributed by atoms with Crippen molar-refractivity contribution < 1.29 is 9.53 Å². The van der Waals surface area contributed by atoms with Crippen LogP contribution in [0.15, 0.2) is 24.4 Å². The first-order valence-electron chi connectivity index (χ1n) is 4.22. The predicted molar refractivity (Wildman–Crippen MR) is 55.9 cm³/mol. The summed E-state index contributed by atoms with van der Waals surface area (Å²) in [7, 11) is 1.32. The Morgan fingerprint density at radius 2 is 2.27 bits per heavy atom. The minimum atomic E-state index is -0.435. The third kappa shape index (κ3) is 1.76. The topological polar surface area (TPSA) is 52.1 Å². The number of nitrogens with zero attached hydrogens (tertiary/aromatic N) is 2. The molecule has 0 bridgehead atoms. The molecule has 2 rings (SSSR count). The number of hydrogen-bond acceptors (Lipinski definition) is 4. The Morgan fingerprint density at radius 3 is 3.00 bits per heavy atom. The fraction of sp³-hybridized carbons (Fsp3) is 0.100. The summed E-state index contributed by atoms with van der Waals surface area (Å²) in [6.07, 6.45) is 1.57. The molecule has 5 heteroatoms. The average Bonchev–Trinajstić information content (AvgIpc) is 2.27. The Balaban J connectivity index is 2.74. The molecule has 1 heterocycles. The number of fused-ring (bicyclic) bond motifs is 1. The van der Waals surface area contributed by atoms with Gasteiger partial charge in [-0.25, -0.2) is 14.8 Å². The van der Waals surface area contributed by atoms with Crippen molar-refractivity contribution in [3.05, 3.63) is 35.2 Å². The summed E-state index contributed by atoms with van der Waals surface area (Å²) >= 11 is 5.66. The largest absolute Gasteiger partial charge is 0.465 e. The van der Waals surface area contributed by atoms with E-state index < -0.39 is 5.97 Å². The number of ether oxygens (including phenoxy) is 1. The van der Waals surface area contributed by atoms with Gasteiger partial charge in [-0.3, -0.25) is 0 Å². The first kappa shape index (κ1) is 9.86. The lowest BCUT2D eigenvalue weighted by atomic mass is 10.1. The minimum Gasteiger partial charge on any atom is -0.465 e. The van der Waals surface area contributed by atoms with E-state index in [4.69, 9.17) is 11.6 Å². The molecule has 76 valence electrons. The summed E-state index contributed by atoms with van der Waals surface area (Å²) < 4.78 is 4.64. The number of halogens is 1. The quantitative estimate of drug-likeness (QED) is 0.548.